The Morgan fingerprint density at radius 2 is 1.66 bits per heavy atom. The summed E-state index contributed by atoms with van der Waals surface area (Å²) >= 11 is 0. The maximum atomic E-state index is 12.7. The van der Waals surface area contributed by atoms with Gasteiger partial charge in [-0.3, -0.25) is 4.79 Å². The van der Waals surface area contributed by atoms with Crippen LogP contribution in [0.5, 0.6) is 0 Å². The minimum atomic E-state index is -3.68. The molecule has 1 saturated carbocycles. The molecule has 32 heavy (non-hydrogen) atoms. The van der Waals surface area contributed by atoms with Gasteiger partial charge < -0.3 is 4.74 Å². The maximum absolute atomic E-state index is 12.7. The second-order valence-corrected chi connectivity index (χ2v) is 9.84. The van der Waals surface area contributed by atoms with Crippen molar-refractivity contribution < 1.29 is 22.7 Å². The highest BCUT2D eigenvalue weighted by Crippen LogP contribution is 2.36. The zero-order chi connectivity index (χ0) is 22.3. The van der Waals surface area contributed by atoms with Gasteiger partial charge in [0.2, 0.25) is 10.0 Å². The molecule has 7 heteroatoms. The predicted molar refractivity (Wildman–Crippen MR) is 119 cm³/mol. The van der Waals surface area contributed by atoms with Gasteiger partial charge >= 0.3 is 5.97 Å². The van der Waals surface area contributed by atoms with E-state index in [1.54, 1.807) is 6.07 Å². The molecule has 1 N–H and O–H groups in total. The number of hydrogen-bond acceptors (Lipinski definition) is 5. The molecule has 5 rings (SSSR count). The Labute approximate surface area is 186 Å². The molecular formula is C25H21NO5S. The summed E-state index contributed by atoms with van der Waals surface area (Å²) in [7, 11) is -3.68. The molecule has 162 valence electrons. The lowest BCUT2D eigenvalue weighted by Gasteiger charge is -2.09. The van der Waals surface area contributed by atoms with Crippen molar-refractivity contribution in [2.45, 2.75) is 30.2 Å². The van der Waals surface area contributed by atoms with Gasteiger partial charge in [-0.15, -0.1) is 0 Å². The zero-order valence-electron chi connectivity index (χ0n) is 17.2. The van der Waals surface area contributed by atoms with Crippen LogP contribution < -0.4 is 4.72 Å². The van der Waals surface area contributed by atoms with Crippen LogP contribution >= 0.6 is 0 Å². The highest BCUT2D eigenvalue weighted by molar-refractivity contribution is 7.89. The van der Waals surface area contributed by atoms with E-state index in [0.717, 1.165) is 36.0 Å². The Morgan fingerprint density at radius 1 is 0.875 bits per heavy atom. The SMILES string of the molecule is O=C(COC(=O)c1cccc(S(=O)(=O)NC2CC2)c1)c1ccc2c(c1)-c1ccccc1C2. The molecule has 0 bridgehead atoms. The molecule has 0 radical (unpaired) electrons. The van der Waals surface area contributed by atoms with E-state index in [9.17, 15) is 18.0 Å². The van der Waals surface area contributed by atoms with Gasteiger partial charge in [-0.25, -0.2) is 17.9 Å². The molecule has 6 nitrogen and oxygen atoms in total. The van der Waals surface area contributed by atoms with Crippen LogP contribution in [0.3, 0.4) is 0 Å². The van der Waals surface area contributed by atoms with E-state index < -0.39 is 22.6 Å². The molecule has 0 heterocycles. The van der Waals surface area contributed by atoms with E-state index in [1.165, 1.54) is 29.8 Å². The fraction of sp³-hybridized carbons (Fsp3) is 0.200. The van der Waals surface area contributed by atoms with Gasteiger partial charge in [0.25, 0.3) is 0 Å². The summed E-state index contributed by atoms with van der Waals surface area (Å²) in [4.78, 5) is 25.1. The average molecular weight is 448 g/mol. The minimum absolute atomic E-state index is 0.00228. The second kappa shape index (κ2) is 8.00. The summed E-state index contributed by atoms with van der Waals surface area (Å²) in [5.74, 6) is -1.06. The first-order valence-corrected chi connectivity index (χ1v) is 11.9. The van der Waals surface area contributed by atoms with Crippen molar-refractivity contribution in [1.29, 1.82) is 0 Å². The van der Waals surface area contributed by atoms with Gasteiger partial charge in [-0.05, 0) is 65.8 Å². The topological polar surface area (TPSA) is 89.5 Å². The summed E-state index contributed by atoms with van der Waals surface area (Å²) in [5.41, 5.74) is 5.09. The minimum Gasteiger partial charge on any atom is -0.454 e. The smallest absolute Gasteiger partial charge is 0.338 e. The standard InChI is InChI=1S/C25H21NO5S/c27-24(18-9-8-17-12-16-4-1-2-7-22(16)23(17)14-18)15-31-25(28)19-5-3-6-21(13-19)32(29,30)26-20-10-11-20/h1-9,13-14,20,26H,10-12,15H2. The van der Waals surface area contributed by atoms with Gasteiger partial charge in [0.1, 0.15) is 0 Å². The third-order valence-electron chi connectivity index (χ3n) is 5.73. The van der Waals surface area contributed by atoms with Gasteiger partial charge in [0, 0.05) is 11.6 Å². The fourth-order valence-corrected chi connectivity index (χ4v) is 5.22. The first-order chi connectivity index (χ1) is 15.4. The van der Waals surface area contributed by atoms with Crippen LogP contribution in [0.25, 0.3) is 11.1 Å². The largest absolute Gasteiger partial charge is 0.454 e. The summed E-state index contributed by atoms with van der Waals surface area (Å²) in [6.07, 6.45) is 2.47. The number of hydrogen-bond donors (Lipinski definition) is 1. The van der Waals surface area contributed by atoms with Crippen molar-refractivity contribution in [3.05, 3.63) is 89.0 Å². The lowest BCUT2D eigenvalue weighted by Crippen LogP contribution is -2.26. The molecule has 0 spiro atoms. The van der Waals surface area contributed by atoms with E-state index in [-0.39, 0.29) is 22.3 Å². The zero-order valence-corrected chi connectivity index (χ0v) is 18.0. The number of benzene rings is 3. The predicted octanol–water partition coefficient (Wildman–Crippen LogP) is 3.74. The molecule has 0 aromatic heterocycles. The van der Waals surface area contributed by atoms with Crippen molar-refractivity contribution in [3.63, 3.8) is 0 Å². The molecular weight excluding hydrogens is 426 g/mol. The van der Waals surface area contributed by atoms with Crippen LogP contribution in [0.15, 0.2) is 71.6 Å². The summed E-state index contributed by atoms with van der Waals surface area (Å²) in [6, 6.07) is 19.2. The lowest BCUT2D eigenvalue weighted by molar-refractivity contribution is 0.0474. The molecule has 0 amide bonds. The Kier molecular flexibility index (Phi) is 5.15. The van der Waals surface area contributed by atoms with E-state index >= 15 is 0 Å². The molecule has 0 atom stereocenters. The Morgan fingerprint density at radius 3 is 2.47 bits per heavy atom. The molecule has 0 unspecified atom stereocenters. The van der Waals surface area contributed by atoms with Crippen LogP contribution in [0, 0.1) is 0 Å². The number of sulfonamides is 1. The quantitative estimate of drug-likeness (QED) is 0.344. The van der Waals surface area contributed by atoms with Crippen LogP contribution in [0.1, 0.15) is 44.7 Å². The van der Waals surface area contributed by atoms with Crippen LogP contribution in [-0.4, -0.2) is 32.8 Å². The van der Waals surface area contributed by atoms with Crippen LogP contribution in [0.2, 0.25) is 0 Å². The summed E-state index contributed by atoms with van der Waals surface area (Å²) in [6.45, 7) is -0.420. The molecule has 3 aromatic rings. The molecule has 3 aromatic carbocycles. The summed E-state index contributed by atoms with van der Waals surface area (Å²) in [5, 5.41) is 0. The molecule has 2 aliphatic carbocycles. The average Bonchev–Trinajstić information content (AvgIpc) is 3.53. The number of esters is 1. The third-order valence-corrected chi connectivity index (χ3v) is 7.25. The summed E-state index contributed by atoms with van der Waals surface area (Å²) < 4.78 is 32.5. The van der Waals surface area contributed by atoms with Gasteiger partial charge in [0.05, 0.1) is 10.5 Å². The van der Waals surface area contributed by atoms with Gasteiger partial charge in [0.15, 0.2) is 12.4 Å². The third kappa shape index (κ3) is 4.09. The van der Waals surface area contributed by atoms with E-state index in [4.69, 9.17) is 4.74 Å². The van der Waals surface area contributed by atoms with E-state index in [0.29, 0.717) is 5.56 Å². The van der Waals surface area contributed by atoms with Crippen molar-refractivity contribution in [1.82, 2.24) is 4.72 Å². The van der Waals surface area contributed by atoms with Crippen LogP contribution in [0.4, 0.5) is 0 Å². The van der Waals surface area contributed by atoms with Gasteiger partial charge in [-0.2, -0.15) is 0 Å². The number of carbonyl (C=O) groups excluding carboxylic acids is 2. The van der Waals surface area contributed by atoms with Crippen molar-refractivity contribution >= 4 is 21.8 Å². The first-order valence-electron chi connectivity index (χ1n) is 10.4. The van der Waals surface area contributed by atoms with E-state index in [1.807, 2.05) is 30.3 Å². The van der Waals surface area contributed by atoms with Gasteiger partial charge in [-0.1, -0.05) is 42.5 Å². The van der Waals surface area contributed by atoms with Crippen molar-refractivity contribution in [3.8, 4) is 11.1 Å². The molecule has 0 saturated heterocycles. The number of fused-ring (bicyclic) bond motifs is 3. The second-order valence-electron chi connectivity index (χ2n) is 8.13. The maximum Gasteiger partial charge on any atom is 0.338 e. The Hall–Kier alpha value is -3.29. The number of ketones is 1. The van der Waals surface area contributed by atoms with Crippen molar-refractivity contribution in [2.24, 2.45) is 0 Å². The number of ether oxygens (including phenoxy) is 1. The normalized spacial score (nSPS) is 14.5. The highest BCUT2D eigenvalue weighted by Gasteiger charge is 2.28. The van der Waals surface area contributed by atoms with Crippen LogP contribution in [-0.2, 0) is 21.2 Å². The van der Waals surface area contributed by atoms with Crippen molar-refractivity contribution in [2.75, 3.05) is 6.61 Å². The monoisotopic (exact) mass is 447 g/mol. The number of rotatable bonds is 7. The number of nitrogens with one attached hydrogen (secondary N) is 1. The number of Topliss-reactive ketones (excluding diaryl/α,β-unsaturated/α-hetero) is 1. The lowest BCUT2D eigenvalue weighted by atomic mass is 10.0. The Bertz CT molecular complexity index is 1340. The Balaban J connectivity index is 1.27. The van der Waals surface area contributed by atoms with E-state index in [2.05, 4.69) is 10.8 Å². The fourth-order valence-electron chi connectivity index (χ4n) is 3.87. The number of carbonyl (C=O) groups is 2. The molecule has 2 aliphatic rings. The first kappa shape index (κ1) is 20.6. The molecule has 1 fully saturated rings. The highest BCUT2D eigenvalue weighted by atomic mass is 32.2. The molecule has 0 aliphatic heterocycles.